The number of methoxy groups -OCH3 is 1. The minimum absolute atomic E-state index is 0.0547. The predicted octanol–water partition coefficient (Wildman–Crippen LogP) is 2.21. The molecule has 0 aliphatic carbocycles. The van der Waals surface area contributed by atoms with Gasteiger partial charge in [-0.3, -0.25) is 4.79 Å². The number of hydrogen-bond acceptors (Lipinski definition) is 4. The van der Waals surface area contributed by atoms with Gasteiger partial charge in [-0.05, 0) is 30.2 Å². The molecule has 20 heavy (non-hydrogen) atoms. The van der Waals surface area contributed by atoms with E-state index in [4.69, 9.17) is 11.6 Å². The Kier molecular flexibility index (Phi) is 5.98. The van der Waals surface area contributed by atoms with Crippen LogP contribution in [0, 0.1) is 5.92 Å². The highest BCUT2D eigenvalue weighted by Crippen LogP contribution is 2.17. The van der Waals surface area contributed by atoms with Crippen molar-refractivity contribution in [2.75, 3.05) is 7.11 Å². The molecule has 0 amide bonds. The van der Waals surface area contributed by atoms with Crippen molar-refractivity contribution in [3.05, 3.63) is 29.3 Å². The molecule has 0 heterocycles. The Morgan fingerprint density at radius 1 is 1.35 bits per heavy atom. The number of esters is 1. The molecule has 1 aromatic carbocycles. The lowest BCUT2D eigenvalue weighted by Gasteiger charge is -2.21. The Balaban J connectivity index is 3.02. The van der Waals surface area contributed by atoms with Crippen LogP contribution in [0.2, 0.25) is 5.02 Å². The first kappa shape index (κ1) is 16.9. The van der Waals surface area contributed by atoms with Gasteiger partial charge in [-0.1, -0.05) is 31.9 Å². The number of benzene rings is 1. The molecule has 0 aliphatic rings. The number of carbonyl (C=O) groups excluding carboxylic acids is 1. The summed E-state index contributed by atoms with van der Waals surface area (Å²) >= 11 is 5.72. The van der Waals surface area contributed by atoms with Crippen molar-refractivity contribution < 1.29 is 17.9 Å². The van der Waals surface area contributed by atoms with Gasteiger partial charge in [0.15, 0.2) is 0 Å². The number of halogens is 1. The van der Waals surface area contributed by atoms with Gasteiger partial charge in [0.1, 0.15) is 6.04 Å². The fraction of sp³-hybridized carbons (Fsp3) is 0.462. The SMILES string of the molecule is CC[C@@H](C)[C@H](NS(=O)(=O)c1ccc(Cl)cc1)C(=O)OC. The number of rotatable bonds is 6. The highest BCUT2D eigenvalue weighted by molar-refractivity contribution is 7.89. The first-order chi connectivity index (χ1) is 9.31. The van der Waals surface area contributed by atoms with Gasteiger partial charge in [-0.15, -0.1) is 0 Å². The maximum absolute atomic E-state index is 12.2. The maximum Gasteiger partial charge on any atom is 0.324 e. The predicted molar refractivity (Wildman–Crippen MR) is 77.0 cm³/mol. The number of hydrogen-bond donors (Lipinski definition) is 1. The van der Waals surface area contributed by atoms with Gasteiger partial charge < -0.3 is 4.74 Å². The largest absolute Gasteiger partial charge is 0.468 e. The van der Waals surface area contributed by atoms with E-state index in [1.807, 2.05) is 6.92 Å². The van der Waals surface area contributed by atoms with Crippen LogP contribution in [0.4, 0.5) is 0 Å². The van der Waals surface area contributed by atoms with Crippen LogP contribution < -0.4 is 4.72 Å². The van der Waals surface area contributed by atoms with E-state index >= 15 is 0 Å². The van der Waals surface area contributed by atoms with Gasteiger partial charge in [0, 0.05) is 5.02 Å². The molecule has 0 bridgehead atoms. The highest BCUT2D eigenvalue weighted by Gasteiger charge is 2.30. The van der Waals surface area contributed by atoms with Crippen molar-refractivity contribution in [3.8, 4) is 0 Å². The van der Waals surface area contributed by atoms with E-state index < -0.39 is 22.0 Å². The summed E-state index contributed by atoms with van der Waals surface area (Å²) < 4.78 is 31.5. The van der Waals surface area contributed by atoms with Gasteiger partial charge >= 0.3 is 5.97 Å². The van der Waals surface area contributed by atoms with Gasteiger partial charge in [-0.2, -0.15) is 4.72 Å². The van der Waals surface area contributed by atoms with Crippen LogP contribution in [0.3, 0.4) is 0 Å². The number of sulfonamides is 1. The Morgan fingerprint density at radius 2 is 1.90 bits per heavy atom. The summed E-state index contributed by atoms with van der Waals surface area (Å²) in [6, 6.07) is 4.82. The smallest absolute Gasteiger partial charge is 0.324 e. The molecule has 0 saturated heterocycles. The fourth-order valence-electron chi connectivity index (χ4n) is 1.61. The van der Waals surface area contributed by atoms with Crippen LogP contribution in [-0.2, 0) is 19.6 Å². The van der Waals surface area contributed by atoms with Crippen LogP contribution in [0.5, 0.6) is 0 Å². The second kappa shape index (κ2) is 7.06. The molecule has 2 atom stereocenters. The van der Waals surface area contributed by atoms with E-state index in [9.17, 15) is 13.2 Å². The number of nitrogens with one attached hydrogen (secondary N) is 1. The van der Waals surface area contributed by atoms with E-state index in [0.29, 0.717) is 11.4 Å². The van der Waals surface area contributed by atoms with E-state index in [1.54, 1.807) is 6.92 Å². The standard InChI is InChI=1S/C13H18ClNO4S/c1-4-9(2)12(13(16)19-3)15-20(17,18)11-7-5-10(14)6-8-11/h5-9,12,15H,4H2,1-3H3/t9-,12+/m1/s1. The van der Waals surface area contributed by atoms with Gasteiger partial charge in [0.25, 0.3) is 0 Å². The summed E-state index contributed by atoms with van der Waals surface area (Å²) in [5.74, 6) is -0.776. The minimum atomic E-state index is -3.80. The molecular formula is C13H18ClNO4S. The zero-order valence-electron chi connectivity index (χ0n) is 11.6. The molecule has 0 aromatic heterocycles. The Hall–Kier alpha value is -1.11. The van der Waals surface area contributed by atoms with Gasteiger partial charge in [-0.25, -0.2) is 8.42 Å². The van der Waals surface area contributed by atoms with E-state index in [0.717, 1.165) is 0 Å². The lowest BCUT2D eigenvalue weighted by molar-refractivity contribution is -0.143. The summed E-state index contributed by atoms with van der Waals surface area (Å²) in [6.07, 6.45) is 0.642. The first-order valence-electron chi connectivity index (χ1n) is 6.17. The van der Waals surface area contributed by atoms with Gasteiger partial charge in [0.2, 0.25) is 10.0 Å². The lowest BCUT2D eigenvalue weighted by Crippen LogP contribution is -2.45. The minimum Gasteiger partial charge on any atom is -0.468 e. The molecule has 0 spiro atoms. The molecular weight excluding hydrogens is 302 g/mol. The molecule has 5 nitrogen and oxygen atoms in total. The maximum atomic E-state index is 12.2. The second-order valence-corrected chi connectivity index (χ2v) is 6.61. The molecule has 1 N–H and O–H groups in total. The molecule has 7 heteroatoms. The van der Waals surface area contributed by atoms with Crippen LogP contribution >= 0.6 is 11.6 Å². The van der Waals surface area contributed by atoms with Gasteiger partial charge in [0.05, 0.1) is 12.0 Å². The first-order valence-corrected chi connectivity index (χ1v) is 8.03. The lowest BCUT2D eigenvalue weighted by atomic mass is 10.0. The van der Waals surface area contributed by atoms with Crippen molar-refractivity contribution in [2.24, 2.45) is 5.92 Å². The summed E-state index contributed by atoms with van der Waals surface area (Å²) in [6.45, 7) is 3.66. The van der Waals surface area contributed by atoms with Crippen molar-refractivity contribution >= 4 is 27.6 Å². The van der Waals surface area contributed by atoms with Crippen LogP contribution in [-0.4, -0.2) is 27.5 Å². The number of ether oxygens (including phenoxy) is 1. The third-order valence-corrected chi connectivity index (χ3v) is 4.78. The van der Waals surface area contributed by atoms with Crippen LogP contribution in [0.15, 0.2) is 29.2 Å². The van der Waals surface area contributed by atoms with Crippen molar-refractivity contribution in [3.63, 3.8) is 0 Å². The summed E-state index contributed by atoms with van der Waals surface area (Å²) in [4.78, 5) is 11.8. The van der Waals surface area contributed by atoms with E-state index in [-0.39, 0.29) is 10.8 Å². The summed E-state index contributed by atoms with van der Waals surface area (Å²) in [5, 5.41) is 0.440. The molecule has 112 valence electrons. The zero-order valence-corrected chi connectivity index (χ0v) is 13.2. The molecule has 0 saturated carbocycles. The van der Waals surface area contributed by atoms with Crippen LogP contribution in [0.1, 0.15) is 20.3 Å². The summed E-state index contributed by atoms with van der Waals surface area (Å²) in [7, 11) is -2.57. The zero-order chi connectivity index (χ0) is 15.3. The molecule has 1 rings (SSSR count). The normalized spacial score (nSPS) is 14.6. The summed E-state index contributed by atoms with van der Waals surface area (Å²) in [5.41, 5.74) is 0. The van der Waals surface area contributed by atoms with Crippen molar-refractivity contribution in [1.29, 1.82) is 0 Å². The second-order valence-electron chi connectivity index (χ2n) is 4.46. The van der Waals surface area contributed by atoms with E-state index in [1.165, 1.54) is 31.4 Å². The topological polar surface area (TPSA) is 72.5 Å². The molecule has 0 radical (unpaired) electrons. The average Bonchev–Trinajstić information content (AvgIpc) is 2.43. The Morgan fingerprint density at radius 3 is 2.35 bits per heavy atom. The monoisotopic (exact) mass is 319 g/mol. The Bertz CT molecular complexity index is 556. The fourth-order valence-corrected chi connectivity index (χ4v) is 3.03. The average molecular weight is 320 g/mol. The quantitative estimate of drug-likeness (QED) is 0.816. The Labute approximate surface area is 124 Å². The number of carbonyl (C=O) groups is 1. The third-order valence-electron chi connectivity index (χ3n) is 3.07. The van der Waals surface area contributed by atoms with E-state index in [2.05, 4.69) is 9.46 Å². The van der Waals surface area contributed by atoms with Crippen molar-refractivity contribution in [2.45, 2.75) is 31.2 Å². The molecule has 0 fully saturated rings. The third kappa shape index (κ3) is 4.19. The highest BCUT2D eigenvalue weighted by atomic mass is 35.5. The molecule has 0 unspecified atom stereocenters. The van der Waals surface area contributed by atoms with Crippen molar-refractivity contribution in [1.82, 2.24) is 4.72 Å². The molecule has 1 aromatic rings. The van der Waals surface area contributed by atoms with Crippen LogP contribution in [0.25, 0.3) is 0 Å². The molecule has 0 aliphatic heterocycles.